The smallest absolute Gasteiger partial charge is 0.309 e. The monoisotopic (exact) mass is 816 g/mol. The average Bonchev–Trinajstić information content (AvgIpc) is 3.88. The summed E-state index contributed by atoms with van der Waals surface area (Å²) < 4.78 is 23.1. The summed E-state index contributed by atoms with van der Waals surface area (Å²) in [5.41, 5.74) is 4.30. The van der Waals surface area contributed by atoms with E-state index in [-0.39, 0.29) is 39.1 Å². The second kappa shape index (κ2) is 15.8. The Labute approximate surface area is 341 Å². The van der Waals surface area contributed by atoms with E-state index >= 15 is 4.39 Å². The molecule has 11 nitrogen and oxygen atoms in total. The molecular weight excluding hydrogens is 770 g/mol. The second-order valence-corrected chi connectivity index (χ2v) is 17.1. The molecule has 3 saturated carbocycles. The zero-order chi connectivity index (χ0) is 40.1. The number of hydrogen-bond donors (Lipinski definition) is 4. The number of nitrogens with zero attached hydrogens (tertiary/aromatic N) is 4. The maximum atomic E-state index is 15.7. The molecule has 2 aromatic heterocycles. The fraction of sp³-hybridized carbons (Fsp3) is 0.442. The van der Waals surface area contributed by atoms with Crippen molar-refractivity contribution in [2.75, 3.05) is 25.5 Å². The number of benzene rings is 2. The van der Waals surface area contributed by atoms with Gasteiger partial charge in [0.1, 0.15) is 17.3 Å². The Morgan fingerprint density at radius 1 is 1.09 bits per heavy atom. The van der Waals surface area contributed by atoms with Crippen molar-refractivity contribution < 1.29 is 28.9 Å². The molecule has 57 heavy (non-hydrogen) atoms. The van der Waals surface area contributed by atoms with Gasteiger partial charge in [-0.2, -0.15) is 0 Å². The highest BCUT2D eigenvalue weighted by Crippen LogP contribution is 2.63. The zero-order valence-electron chi connectivity index (χ0n) is 32.1. The number of rotatable bonds is 13. The highest BCUT2D eigenvalue weighted by Gasteiger charge is 2.57. The van der Waals surface area contributed by atoms with Crippen molar-refractivity contribution in [3.05, 3.63) is 92.7 Å². The number of aliphatic hydroxyl groups excluding tert-OH is 1. The fourth-order valence-electron chi connectivity index (χ4n) is 9.35. The molecule has 3 heterocycles. The van der Waals surface area contributed by atoms with E-state index in [0.29, 0.717) is 54.1 Å². The van der Waals surface area contributed by atoms with Gasteiger partial charge < -0.3 is 30.2 Å². The lowest BCUT2D eigenvalue weighted by Crippen LogP contribution is -2.43. The number of amides is 1. The SMILES string of the molecule is COc1cc(/C(F)=C/c2cccc(-c3cccc(NC(=O)c4nc5c(n4C)CCN(CCC46CCC(C(=O)O)(CC4)C6)C5)c3Cl)c2Cl)ncc1CN[C@H]1C[C@@H](O)C1. The molecule has 0 unspecified atom stereocenters. The van der Waals surface area contributed by atoms with Crippen molar-refractivity contribution >= 4 is 52.7 Å². The molecule has 4 N–H and O–H groups in total. The first-order valence-electron chi connectivity index (χ1n) is 19.6. The van der Waals surface area contributed by atoms with Gasteiger partial charge in [0.25, 0.3) is 5.91 Å². The van der Waals surface area contributed by atoms with Crippen LogP contribution in [0.2, 0.25) is 10.0 Å². The standard InChI is InChI=1S/C43H47Cl2FN6O5/c1-51-35-9-15-52(16-14-42-10-12-43(24-42,13-11-42)41(55)56)23-34(35)49-39(51)40(54)50-32-8-4-7-30(38(32)45)29-6-3-5-25(37(29)44)17-31(46)33-20-36(57-2)26(22-48-33)21-47-27-18-28(53)19-27/h3-8,17,20,22,27-28,47,53H,9-16,18-19,21,23-24H2,1-2H3,(H,50,54)(H,55,56)/b31-17-/t27-,28+,42?,43?. The number of imidazole rings is 1. The third kappa shape index (κ3) is 7.70. The molecule has 4 aliphatic rings. The highest BCUT2D eigenvalue weighted by molar-refractivity contribution is 6.39. The summed E-state index contributed by atoms with van der Waals surface area (Å²) in [6.45, 7) is 2.85. The van der Waals surface area contributed by atoms with Crippen molar-refractivity contribution in [1.29, 1.82) is 0 Å². The largest absolute Gasteiger partial charge is 0.496 e. The Morgan fingerprint density at radius 2 is 1.82 bits per heavy atom. The molecule has 8 rings (SSSR count). The predicted octanol–water partition coefficient (Wildman–Crippen LogP) is 7.91. The van der Waals surface area contributed by atoms with Gasteiger partial charge in [0.15, 0.2) is 5.82 Å². The lowest BCUT2D eigenvalue weighted by molar-refractivity contribution is -0.148. The molecule has 0 atom stereocenters. The van der Waals surface area contributed by atoms with E-state index in [1.54, 1.807) is 48.7 Å². The van der Waals surface area contributed by atoms with Crippen LogP contribution in [0.4, 0.5) is 10.1 Å². The van der Waals surface area contributed by atoms with E-state index in [1.165, 1.54) is 13.2 Å². The number of methoxy groups -OCH3 is 1. The van der Waals surface area contributed by atoms with Crippen LogP contribution in [0.5, 0.6) is 5.75 Å². The van der Waals surface area contributed by atoms with Crippen LogP contribution < -0.4 is 15.4 Å². The Bertz CT molecular complexity index is 2250. The molecule has 14 heteroatoms. The first-order chi connectivity index (χ1) is 27.4. The van der Waals surface area contributed by atoms with E-state index in [0.717, 1.165) is 75.0 Å². The number of carbonyl (C=O) groups excluding carboxylic acids is 1. The van der Waals surface area contributed by atoms with Crippen molar-refractivity contribution in [3.8, 4) is 16.9 Å². The lowest BCUT2D eigenvalue weighted by Gasteiger charge is -2.32. The number of fused-ring (bicyclic) bond motifs is 3. The minimum absolute atomic E-state index is 0.0913. The van der Waals surface area contributed by atoms with Gasteiger partial charge >= 0.3 is 5.97 Å². The third-order valence-corrected chi connectivity index (χ3v) is 13.7. The van der Waals surface area contributed by atoms with Crippen LogP contribution in [-0.2, 0) is 31.4 Å². The summed E-state index contributed by atoms with van der Waals surface area (Å²) in [6.07, 6.45) is 10.1. The van der Waals surface area contributed by atoms with E-state index in [1.807, 2.05) is 11.6 Å². The van der Waals surface area contributed by atoms with Crippen LogP contribution in [0.3, 0.4) is 0 Å². The van der Waals surface area contributed by atoms with Crippen LogP contribution in [0.15, 0.2) is 48.7 Å². The van der Waals surface area contributed by atoms with Crippen LogP contribution in [-0.4, -0.2) is 73.9 Å². The highest BCUT2D eigenvalue weighted by atomic mass is 35.5. The molecule has 3 aliphatic carbocycles. The summed E-state index contributed by atoms with van der Waals surface area (Å²) in [5, 5.41) is 26.2. The molecule has 2 bridgehead atoms. The minimum Gasteiger partial charge on any atom is -0.496 e. The number of carboxylic acids is 1. The normalized spacial score (nSPS) is 24.3. The number of pyridine rings is 1. The molecule has 0 spiro atoms. The molecule has 3 fully saturated rings. The maximum absolute atomic E-state index is 15.7. The molecule has 0 saturated heterocycles. The maximum Gasteiger partial charge on any atom is 0.309 e. The van der Waals surface area contributed by atoms with E-state index in [2.05, 4.69) is 20.5 Å². The molecule has 0 radical (unpaired) electrons. The molecule has 2 aromatic carbocycles. The zero-order valence-corrected chi connectivity index (χ0v) is 33.6. The Kier molecular flexibility index (Phi) is 10.9. The molecule has 1 aliphatic heterocycles. The molecular formula is C43H47Cl2FN6O5. The van der Waals surface area contributed by atoms with E-state index < -0.39 is 23.1 Å². The van der Waals surface area contributed by atoms with Gasteiger partial charge in [-0.05, 0) is 81.0 Å². The summed E-state index contributed by atoms with van der Waals surface area (Å²) in [6, 6.07) is 12.3. The van der Waals surface area contributed by atoms with Crippen molar-refractivity contribution in [2.45, 2.75) is 83.0 Å². The number of aliphatic hydroxyl groups is 1. The Balaban J connectivity index is 0.941. The number of carboxylic acid groups (broad SMARTS) is 1. The topological polar surface area (TPSA) is 142 Å². The summed E-state index contributed by atoms with van der Waals surface area (Å²) in [5.74, 6) is -0.850. The van der Waals surface area contributed by atoms with Crippen molar-refractivity contribution in [2.24, 2.45) is 17.9 Å². The summed E-state index contributed by atoms with van der Waals surface area (Å²) >= 11 is 13.8. The van der Waals surface area contributed by atoms with Gasteiger partial charge in [0.2, 0.25) is 0 Å². The van der Waals surface area contributed by atoms with Gasteiger partial charge in [-0.15, -0.1) is 0 Å². The number of aliphatic carboxylic acids is 1. The Hall–Kier alpha value is -4.33. The van der Waals surface area contributed by atoms with Crippen LogP contribution >= 0.6 is 23.2 Å². The van der Waals surface area contributed by atoms with Crippen LogP contribution in [0, 0.1) is 10.8 Å². The number of halogens is 3. The Morgan fingerprint density at radius 3 is 2.53 bits per heavy atom. The van der Waals surface area contributed by atoms with Crippen molar-refractivity contribution in [1.82, 2.24) is 24.8 Å². The first-order valence-corrected chi connectivity index (χ1v) is 20.3. The molecule has 300 valence electrons. The number of hydrogen-bond acceptors (Lipinski definition) is 8. The third-order valence-electron chi connectivity index (χ3n) is 12.9. The van der Waals surface area contributed by atoms with Gasteiger partial charge in [-0.25, -0.2) is 9.37 Å². The quantitative estimate of drug-likeness (QED) is 0.106. The van der Waals surface area contributed by atoms with E-state index in [4.69, 9.17) is 32.9 Å². The van der Waals surface area contributed by atoms with Crippen LogP contribution in [0.25, 0.3) is 23.0 Å². The number of nitrogens with one attached hydrogen (secondary N) is 2. The van der Waals surface area contributed by atoms with Crippen molar-refractivity contribution in [3.63, 3.8) is 0 Å². The van der Waals surface area contributed by atoms with Gasteiger partial charge in [0.05, 0.1) is 40.1 Å². The van der Waals surface area contributed by atoms with Gasteiger partial charge in [0, 0.05) is 73.8 Å². The first kappa shape index (κ1) is 39.5. The number of anilines is 1. The van der Waals surface area contributed by atoms with E-state index in [9.17, 15) is 19.8 Å². The predicted molar refractivity (Wildman–Crippen MR) is 218 cm³/mol. The number of ether oxygens (including phenoxy) is 1. The molecule has 1 amide bonds. The summed E-state index contributed by atoms with van der Waals surface area (Å²) in [7, 11) is 3.38. The summed E-state index contributed by atoms with van der Waals surface area (Å²) in [4.78, 5) is 37.2. The second-order valence-electron chi connectivity index (χ2n) is 16.3. The number of carbonyl (C=O) groups is 2. The lowest BCUT2D eigenvalue weighted by atomic mass is 9.80. The average molecular weight is 818 g/mol. The number of aromatic nitrogens is 3. The van der Waals surface area contributed by atoms with Crippen LogP contribution in [0.1, 0.15) is 90.2 Å². The minimum atomic E-state index is -0.635. The van der Waals surface area contributed by atoms with Gasteiger partial charge in [-0.3, -0.25) is 19.5 Å². The fourth-order valence-corrected chi connectivity index (χ4v) is 9.91. The van der Waals surface area contributed by atoms with Gasteiger partial charge in [-0.1, -0.05) is 53.5 Å². The molecule has 4 aromatic rings.